The fourth-order valence-electron chi connectivity index (χ4n) is 3.20. The summed E-state index contributed by atoms with van der Waals surface area (Å²) in [6, 6.07) is -2.51. The number of aliphatic hydroxyl groups excluding tert-OH is 4. The van der Waals surface area contributed by atoms with Crippen molar-refractivity contribution in [2.75, 3.05) is 11.9 Å². The molecule has 3 heterocycles. The van der Waals surface area contributed by atoms with Gasteiger partial charge < -0.3 is 40.6 Å². The van der Waals surface area contributed by atoms with Gasteiger partial charge in [0.05, 0.1) is 12.7 Å². The Labute approximate surface area is 179 Å². The second kappa shape index (κ2) is 8.81. The Morgan fingerprint density at radius 2 is 2.00 bits per heavy atom. The van der Waals surface area contributed by atoms with Crippen LogP contribution < -0.4 is 10.6 Å². The number of aryl methyl sites for hydroxylation is 1. The SMILES string of the molecule is Cc1nc(NC(=O)N[C@H](C(=O)O)[C@@H](C)O)c2[nH]c(=S)n([C@@H]3O[C@H](CO)[C@@H](O)[C@H]3O)c2n1. The minimum Gasteiger partial charge on any atom is -0.480 e. The third-order valence-electron chi connectivity index (χ3n) is 4.72. The van der Waals surface area contributed by atoms with Gasteiger partial charge in [0, 0.05) is 0 Å². The van der Waals surface area contributed by atoms with Gasteiger partial charge >= 0.3 is 12.0 Å². The zero-order valence-electron chi connectivity index (χ0n) is 16.4. The fraction of sp³-hybridized carbons (Fsp3) is 0.562. The van der Waals surface area contributed by atoms with E-state index in [1.807, 2.05) is 0 Å². The number of aliphatic carboxylic acids is 1. The van der Waals surface area contributed by atoms with Gasteiger partial charge in [-0.2, -0.15) is 0 Å². The van der Waals surface area contributed by atoms with Crippen LogP contribution in [0, 0.1) is 11.7 Å². The topological polar surface area (TPSA) is 215 Å². The second-order valence-electron chi connectivity index (χ2n) is 7.00. The predicted molar refractivity (Wildman–Crippen MR) is 106 cm³/mol. The number of anilines is 1. The van der Waals surface area contributed by atoms with Crippen LogP contribution in [0.1, 0.15) is 19.0 Å². The van der Waals surface area contributed by atoms with Crippen LogP contribution in [-0.2, 0) is 9.53 Å². The summed E-state index contributed by atoms with van der Waals surface area (Å²) in [6.45, 7) is 2.21. The van der Waals surface area contributed by atoms with Crippen molar-refractivity contribution >= 4 is 41.2 Å². The summed E-state index contributed by atoms with van der Waals surface area (Å²) >= 11 is 5.28. The first kappa shape index (κ1) is 23.0. The number of nitrogens with one attached hydrogen (secondary N) is 3. The van der Waals surface area contributed by atoms with Crippen LogP contribution in [0.3, 0.4) is 0 Å². The number of imidazole rings is 1. The van der Waals surface area contributed by atoms with E-state index in [1.54, 1.807) is 0 Å². The number of aromatic nitrogens is 4. The maximum atomic E-state index is 12.3. The van der Waals surface area contributed by atoms with Crippen LogP contribution in [0.2, 0.25) is 0 Å². The lowest BCUT2D eigenvalue weighted by molar-refractivity contribution is -0.141. The molecule has 14 nitrogen and oxygen atoms in total. The molecule has 6 atom stereocenters. The monoisotopic (exact) mass is 458 g/mol. The third kappa shape index (κ3) is 4.36. The van der Waals surface area contributed by atoms with E-state index in [2.05, 4.69) is 25.6 Å². The van der Waals surface area contributed by atoms with E-state index in [9.17, 15) is 30.0 Å². The third-order valence-corrected chi connectivity index (χ3v) is 5.02. The summed E-state index contributed by atoms with van der Waals surface area (Å²) in [5, 5.41) is 52.8. The van der Waals surface area contributed by atoms with E-state index in [0.717, 1.165) is 0 Å². The van der Waals surface area contributed by atoms with Crippen LogP contribution in [0.25, 0.3) is 11.2 Å². The molecule has 0 unspecified atom stereocenters. The normalized spacial score (nSPS) is 25.4. The van der Waals surface area contributed by atoms with E-state index in [0.29, 0.717) is 0 Å². The highest BCUT2D eigenvalue weighted by molar-refractivity contribution is 7.71. The van der Waals surface area contributed by atoms with Gasteiger partial charge in [0.2, 0.25) is 0 Å². The molecule has 2 aromatic heterocycles. The van der Waals surface area contributed by atoms with Crippen molar-refractivity contribution < 1.29 is 39.9 Å². The van der Waals surface area contributed by atoms with Crippen molar-refractivity contribution in [3.8, 4) is 0 Å². The molecule has 2 aromatic rings. The Balaban J connectivity index is 1.97. The molecule has 31 heavy (non-hydrogen) atoms. The molecule has 0 aliphatic carbocycles. The number of carboxylic acids is 1. The van der Waals surface area contributed by atoms with Crippen LogP contribution in [0.4, 0.5) is 10.6 Å². The van der Waals surface area contributed by atoms with Gasteiger partial charge in [-0.25, -0.2) is 19.6 Å². The Kier molecular flexibility index (Phi) is 6.54. The number of amides is 2. The number of carbonyl (C=O) groups excluding carboxylic acids is 1. The Morgan fingerprint density at radius 3 is 2.55 bits per heavy atom. The lowest BCUT2D eigenvalue weighted by Crippen LogP contribution is -2.49. The second-order valence-corrected chi connectivity index (χ2v) is 7.39. The number of aliphatic hydroxyl groups is 4. The number of H-pyrrole nitrogens is 1. The molecular weight excluding hydrogens is 436 g/mol. The quantitative estimate of drug-likeness (QED) is 0.230. The van der Waals surface area contributed by atoms with Crippen LogP contribution in [0.5, 0.6) is 0 Å². The summed E-state index contributed by atoms with van der Waals surface area (Å²) in [5.41, 5.74) is 0.278. The predicted octanol–water partition coefficient (Wildman–Crippen LogP) is -1.64. The Bertz CT molecular complexity index is 1050. The number of nitrogens with zero attached hydrogens (tertiary/aromatic N) is 3. The lowest BCUT2D eigenvalue weighted by Gasteiger charge is -2.18. The zero-order valence-corrected chi connectivity index (χ0v) is 17.2. The molecule has 0 spiro atoms. The van der Waals surface area contributed by atoms with Gasteiger partial charge in [-0.3, -0.25) is 9.88 Å². The summed E-state index contributed by atoms with van der Waals surface area (Å²) < 4.78 is 6.82. The molecule has 1 aliphatic heterocycles. The molecule has 170 valence electrons. The van der Waals surface area contributed by atoms with Crippen molar-refractivity contribution in [2.24, 2.45) is 0 Å². The molecule has 0 bridgehead atoms. The molecule has 1 aliphatic rings. The number of hydrogen-bond donors (Lipinski definition) is 8. The molecule has 1 saturated heterocycles. The summed E-state index contributed by atoms with van der Waals surface area (Å²) in [4.78, 5) is 34.6. The Hall–Kier alpha value is -2.69. The highest BCUT2D eigenvalue weighted by Crippen LogP contribution is 2.33. The number of rotatable bonds is 6. The lowest BCUT2D eigenvalue weighted by atomic mass is 10.1. The largest absolute Gasteiger partial charge is 0.480 e. The van der Waals surface area contributed by atoms with Crippen molar-refractivity contribution in [3.05, 3.63) is 10.6 Å². The number of carboxylic acid groups (broad SMARTS) is 1. The zero-order chi connectivity index (χ0) is 23.0. The molecule has 15 heteroatoms. The van der Waals surface area contributed by atoms with Crippen molar-refractivity contribution in [1.29, 1.82) is 0 Å². The minimum atomic E-state index is -1.56. The van der Waals surface area contributed by atoms with Crippen LogP contribution >= 0.6 is 12.2 Å². The van der Waals surface area contributed by atoms with Gasteiger partial charge in [0.1, 0.15) is 29.7 Å². The molecule has 3 rings (SSSR count). The summed E-state index contributed by atoms with van der Waals surface area (Å²) in [5.74, 6) is -1.28. The first-order chi connectivity index (χ1) is 14.5. The maximum absolute atomic E-state index is 12.3. The molecular formula is C16H22N6O8S. The maximum Gasteiger partial charge on any atom is 0.328 e. The molecule has 8 N–H and O–H groups in total. The first-order valence-electron chi connectivity index (χ1n) is 9.14. The minimum absolute atomic E-state index is 0.0283. The van der Waals surface area contributed by atoms with E-state index >= 15 is 0 Å². The van der Waals surface area contributed by atoms with E-state index in [4.69, 9.17) is 22.1 Å². The highest BCUT2D eigenvalue weighted by Gasteiger charge is 2.44. The molecule has 1 fully saturated rings. The van der Waals surface area contributed by atoms with Crippen LogP contribution in [0.15, 0.2) is 0 Å². The van der Waals surface area contributed by atoms with E-state index in [-0.39, 0.29) is 27.6 Å². The number of carbonyl (C=O) groups is 2. The fourth-order valence-corrected chi connectivity index (χ4v) is 3.50. The van der Waals surface area contributed by atoms with Gasteiger partial charge in [0.25, 0.3) is 0 Å². The first-order valence-corrected chi connectivity index (χ1v) is 9.55. The number of fused-ring (bicyclic) bond motifs is 1. The standard InChI is InChI=1S/C16H22N6O8S/c1-4(24)7(14(27)28)19-15(29)21-11-8-12(18-5(2)17-11)22(16(31)20-8)13-10(26)9(25)6(3-23)30-13/h4,6-7,9-10,13,23-26H,3H2,1-2H3,(H,20,31)(H,27,28)(H2,17,18,19,21,29)/t4-,6-,7+,9-,10-,13-/m1/s1. The van der Waals surface area contributed by atoms with Crippen molar-refractivity contribution in [2.45, 2.75) is 50.5 Å². The van der Waals surface area contributed by atoms with Gasteiger partial charge in [0.15, 0.2) is 28.5 Å². The molecule has 2 amide bonds. The van der Waals surface area contributed by atoms with Gasteiger partial charge in [-0.05, 0) is 26.1 Å². The molecule has 0 aromatic carbocycles. The average Bonchev–Trinajstić information content (AvgIpc) is 3.15. The number of hydrogen-bond acceptors (Lipinski definition) is 10. The number of ether oxygens (including phenoxy) is 1. The number of urea groups is 1. The van der Waals surface area contributed by atoms with Crippen LogP contribution in [-0.4, -0.2) is 94.1 Å². The van der Waals surface area contributed by atoms with Gasteiger partial charge in [-0.1, -0.05) is 0 Å². The average molecular weight is 458 g/mol. The van der Waals surface area contributed by atoms with Gasteiger partial charge in [-0.15, -0.1) is 0 Å². The van der Waals surface area contributed by atoms with E-state index in [1.165, 1.54) is 18.4 Å². The molecule has 0 radical (unpaired) electrons. The molecule has 0 saturated carbocycles. The summed E-state index contributed by atoms with van der Waals surface area (Å²) in [6.07, 6.45) is -6.33. The van der Waals surface area contributed by atoms with Crippen molar-refractivity contribution in [3.63, 3.8) is 0 Å². The highest BCUT2D eigenvalue weighted by atomic mass is 32.1. The Morgan fingerprint density at radius 1 is 1.32 bits per heavy atom. The number of aromatic amines is 1. The smallest absolute Gasteiger partial charge is 0.328 e. The summed E-state index contributed by atoms with van der Waals surface area (Å²) in [7, 11) is 0. The van der Waals surface area contributed by atoms with Crippen molar-refractivity contribution in [1.82, 2.24) is 24.8 Å². The van der Waals surface area contributed by atoms with E-state index < -0.39 is 55.3 Å².